The molecule has 5 rings (SSSR count). The predicted molar refractivity (Wildman–Crippen MR) is 206 cm³/mol. The highest BCUT2D eigenvalue weighted by Gasteiger charge is 2.60. The third-order valence-electron chi connectivity index (χ3n) is 12.6. The van der Waals surface area contributed by atoms with Crippen molar-refractivity contribution in [1.29, 1.82) is 0 Å². The van der Waals surface area contributed by atoms with Gasteiger partial charge in [-0.15, -0.1) is 0 Å². The molecule has 3 fully saturated rings. The van der Waals surface area contributed by atoms with Gasteiger partial charge in [0.1, 0.15) is 29.4 Å². The molecule has 56 heavy (non-hydrogen) atoms. The van der Waals surface area contributed by atoms with Gasteiger partial charge in [0.15, 0.2) is 23.3 Å². The second kappa shape index (κ2) is 17.6. The number of cyclic esters (lactones) is 1. The molecule has 3 aliphatic rings. The molecule has 15 heteroatoms. The number of aliphatic hydroxyl groups is 1. The maximum Gasteiger partial charge on any atom is 0.410 e. The van der Waals surface area contributed by atoms with Crippen LogP contribution < -0.4 is 0 Å². The van der Waals surface area contributed by atoms with Crippen molar-refractivity contribution in [2.75, 3.05) is 27.7 Å². The van der Waals surface area contributed by atoms with Gasteiger partial charge in [-0.2, -0.15) is 0 Å². The molecule has 3 saturated heterocycles. The predicted octanol–water partition coefficient (Wildman–Crippen LogP) is 4.42. The average Bonchev–Trinajstić information content (AvgIpc) is 3.70. The van der Waals surface area contributed by atoms with Gasteiger partial charge in [0.05, 0.1) is 30.2 Å². The second-order valence-electron chi connectivity index (χ2n) is 16.9. The molecule has 0 spiro atoms. The summed E-state index contributed by atoms with van der Waals surface area (Å²) >= 11 is 0. The van der Waals surface area contributed by atoms with Crippen LogP contribution in [0.5, 0.6) is 0 Å². The lowest BCUT2D eigenvalue weighted by Crippen LogP contribution is -2.60. The zero-order valence-electron chi connectivity index (χ0n) is 35.0. The van der Waals surface area contributed by atoms with Gasteiger partial charge in [0.25, 0.3) is 0 Å². The quantitative estimate of drug-likeness (QED) is 0.204. The van der Waals surface area contributed by atoms with Gasteiger partial charge < -0.3 is 43.2 Å². The van der Waals surface area contributed by atoms with E-state index in [9.17, 15) is 24.3 Å². The molecule has 0 aliphatic carbocycles. The summed E-state index contributed by atoms with van der Waals surface area (Å²) in [4.78, 5) is 69.1. The van der Waals surface area contributed by atoms with E-state index in [4.69, 9.17) is 23.7 Å². The van der Waals surface area contributed by atoms with E-state index in [1.807, 2.05) is 56.5 Å². The number of methoxy groups -OCH3 is 1. The summed E-state index contributed by atoms with van der Waals surface area (Å²) in [5.41, 5.74) is -1.09. The van der Waals surface area contributed by atoms with Crippen molar-refractivity contribution in [2.24, 2.45) is 23.7 Å². The molecule has 15 nitrogen and oxygen atoms in total. The van der Waals surface area contributed by atoms with E-state index in [0.29, 0.717) is 32.4 Å². The third kappa shape index (κ3) is 8.52. The number of imidazole rings is 1. The Balaban J connectivity index is 1.46. The highest BCUT2D eigenvalue weighted by molar-refractivity contribution is 6.00. The molecule has 2 aromatic heterocycles. The van der Waals surface area contributed by atoms with Crippen LogP contribution in [0.3, 0.4) is 0 Å². The summed E-state index contributed by atoms with van der Waals surface area (Å²) in [5.74, 6) is -4.94. The Hall–Kier alpha value is -3.50. The number of hydrogen-bond acceptors (Lipinski definition) is 13. The molecular weight excluding hydrogens is 722 g/mol. The van der Waals surface area contributed by atoms with E-state index in [1.54, 1.807) is 45.1 Å². The first-order valence-electron chi connectivity index (χ1n) is 20.1. The van der Waals surface area contributed by atoms with Crippen LogP contribution >= 0.6 is 0 Å². The lowest BCUT2D eigenvalue weighted by Gasteiger charge is -2.47. The summed E-state index contributed by atoms with van der Waals surface area (Å²) in [6, 6.07) is 2.67. The van der Waals surface area contributed by atoms with E-state index in [0.717, 1.165) is 11.2 Å². The fourth-order valence-corrected chi connectivity index (χ4v) is 9.33. The van der Waals surface area contributed by atoms with Crippen molar-refractivity contribution in [3.8, 4) is 0 Å². The minimum Gasteiger partial charge on any atom is -0.458 e. The number of nitrogens with zero attached hydrogens (tertiary/aromatic N) is 5. The molecule has 3 aliphatic heterocycles. The molecule has 2 aromatic rings. The fourth-order valence-electron chi connectivity index (χ4n) is 9.33. The Morgan fingerprint density at radius 1 is 1.00 bits per heavy atom. The lowest BCUT2D eigenvalue weighted by molar-refractivity contribution is -0.295. The number of Topliss-reactive ketones (excluding diaryl/α,β-unsaturated/α-hetero) is 2. The number of likely N-dealkylation sites (N-methyl/N-ethyl adjacent to an activating group) is 1. The number of ketones is 2. The van der Waals surface area contributed by atoms with Crippen LogP contribution in [0.15, 0.2) is 24.7 Å². The Bertz CT molecular complexity index is 1720. The number of ether oxygens (including phenoxy) is 5. The monoisotopic (exact) mass is 785 g/mol. The zero-order chi connectivity index (χ0) is 41.3. The summed E-state index contributed by atoms with van der Waals surface area (Å²) in [6.07, 6.45) is 0.710. The number of hydrogen-bond donors (Lipinski definition) is 1. The number of aliphatic hydroxyl groups excluding tert-OH is 1. The Morgan fingerprint density at radius 3 is 2.36 bits per heavy atom. The number of carbonyl (C=O) groups is 4. The summed E-state index contributed by atoms with van der Waals surface area (Å²) < 4.78 is 33.1. The van der Waals surface area contributed by atoms with Crippen molar-refractivity contribution < 1.29 is 48.0 Å². The fraction of sp³-hybridized carbons (Fsp3) is 0.756. The Morgan fingerprint density at radius 2 is 1.70 bits per heavy atom. The molecule has 1 unspecified atom stereocenters. The van der Waals surface area contributed by atoms with Gasteiger partial charge in [0.2, 0.25) is 0 Å². The summed E-state index contributed by atoms with van der Waals surface area (Å²) in [6.45, 7) is 14.9. The number of esters is 1. The van der Waals surface area contributed by atoms with Crippen molar-refractivity contribution in [3.63, 3.8) is 0 Å². The number of unbranched alkanes of at least 4 members (excludes halogenated alkanes) is 1. The number of carbonyl (C=O) groups excluding carboxylic acids is 4. The largest absolute Gasteiger partial charge is 0.458 e. The number of fused-ring (bicyclic) bond motifs is 2. The van der Waals surface area contributed by atoms with Crippen LogP contribution in [0.4, 0.5) is 4.79 Å². The van der Waals surface area contributed by atoms with Crippen molar-refractivity contribution >= 4 is 34.8 Å². The van der Waals surface area contributed by atoms with Crippen molar-refractivity contribution in [1.82, 2.24) is 24.3 Å². The number of rotatable bonds is 10. The lowest BCUT2D eigenvalue weighted by atomic mass is 9.73. The first-order valence-corrected chi connectivity index (χ1v) is 20.1. The Kier molecular flexibility index (Phi) is 13.7. The minimum absolute atomic E-state index is 0.131. The van der Waals surface area contributed by atoms with Gasteiger partial charge in [0, 0.05) is 50.2 Å². The molecular formula is C41H63N5O10. The van der Waals surface area contributed by atoms with Crippen LogP contribution in [-0.2, 0) is 44.6 Å². The average molecular weight is 786 g/mol. The topological polar surface area (TPSA) is 172 Å². The minimum atomic E-state index is -1.40. The molecule has 0 saturated carbocycles. The SMILES string of the molecule is CCC1OC(=O)[C@H](C)C(=O)[C@H](C)[C@@H](O[C@@H]2O[C@H](C)C[C@H](N(C)C)[C@H]2O)[C@](C)(OC)C[C@@H](C)C(=O)[C@H](C)[C@H]2N(CCCCn3cnc4cccnc43)C(=O)O[C@]12C. The highest BCUT2D eigenvalue weighted by Crippen LogP contribution is 2.43. The van der Waals surface area contributed by atoms with Crippen LogP contribution in [0, 0.1) is 23.7 Å². The van der Waals surface area contributed by atoms with E-state index in [1.165, 1.54) is 14.0 Å². The normalized spacial score (nSPS) is 37.7. The standard InChI is InChI=1S/C41H63N5O10/c1-12-30-41(8)34(46(39(51)56-41)19-14-13-18-45-22-43-28-16-15-17-42-36(28)45)25(4)31(47)23(2)21-40(7,52-11)35(26(5)32(48)27(6)37(50)54-30)55-38-33(49)29(44(9)10)20-24(3)53-38/h15-17,22-27,29-30,33-35,38,49H,12-14,18-21H2,1-11H3/t23-,24-,25+,26+,27-,29+,30?,33-,34-,35-,38+,40-,41-/m1/s1. The van der Waals surface area contributed by atoms with Crippen LogP contribution in [0.25, 0.3) is 11.2 Å². The van der Waals surface area contributed by atoms with Gasteiger partial charge in [-0.05, 0) is 86.0 Å². The second-order valence-corrected chi connectivity index (χ2v) is 16.9. The Labute approximate surface area is 330 Å². The van der Waals surface area contributed by atoms with Gasteiger partial charge in [-0.1, -0.05) is 27.7 Å². The van der Waals surface area contributed by atoms with Gasteiger partial charge in [-0.3, -0.25) is 14.4 Å². The molecule has 0 bridgehead atoms. The van der Waals surface area contributed by atoms with Crippen LogP contribution in [-0.4, -0.2) is 135 Å². The smallest absolute Gasteiger partial charge is 0.410 e. The van der Waals surface area contributed by atoms with E-state index < -0.39 is 83.4 Å². The number of aromatic nitrogens is 3. The number of amides is 1. The van der Waals surface area contributed by atoms with Crippen molar-refractivity contribution in [3.05, 3.63) is 24.7 Å². The number of aryl methyl sites for hydroxylation is 1. The molecule has 0 radical (unpaired) electrons. The van der Waals surface area contributed by atoms with Crippen LogP contribution in [0.1, 0.15) is 87.5 Å². The zero-order valence-corrected chi connectivity index (χ0v) is 35.0. The first kappa shape index (κ1) is 43.6. The third-order valence-corrected chi connectivity index (χ3v) is 12.6. The maximum atomic E-state index is 14.7. The van der Waals surface area contributed by atoms with Gasteiger partial charge >= 0.3 is 12.1 Å². The van der Waals surface area contributed by atoms with E-state index >= 15 is 0 Å². The summed E-state index contributed by atoms with van der Waals surface area (Å²) in [5, 5.41) is 11.4. The summed E-state index contributed by atoms with van der Waals surface area (Å²) in [7, 11) is 5.24. The van der Waals surface area contributed by atoms with Crippen LogP contribution in [0.2, 0.25) is 0 Å². The van der Waals surface area contributed by atoms with Gasteiger partial charge in [-0.25, -0.2) is 14.8 Å². The molecule has 13 atom stereocenters. The molecule has 0 aromatic carbocycles. The molecule has 312 valence electrons. The van der Waals surface area contributed by atoms with Crippen molar-refractivity contribution in [2.45, 2.75) is 148 Å². The maximum absolute atomic E-state index is 14.7. The molecule has 5 heterocycles. The molecule has 1 N–H and O–H groups in total. The number of pyridine rings is 1. The van der Waals surface area contributed by atoms with E-state index in [-0.39, 0.29) is 30.8 Å². The highest BCUT2D eigenvalue weighted by atomic mass is 16.7. The first-order chi connectivity index (χ1) is 26.4. The van der Waals surface area contributed by atoms with E-state index in [2.05, 4.69) is 9.97 Å². The molecule has 1 amide bonds.